The fourth-order valence-electron chi connectivity index (χ4n) is 3.55. The lowest BCUT2D eigenvalue weighted by Gasteiger charge is -2.44. The lowest BCUT2D eigenvalue weighted by Crippen LogP contribution is -2.45. The molecule has 116 valence electrons. The van der Waals surface area contributed by atoms with Crippen LogP contribution in [0.3, 0.4) is 0 Å². The molecule has 0 amide bonds. The molecule has 1 saturated heterocycles. The van der Waals surface area contributed by atoms with Crippen molar-refractivity contribution in [2.75, 3.05) is 25.4 Å². The summed E-state index contributed by atoms with van der Waals surface area (Å²) < 4.78 is 32.6. The Kier molecular flexibility index (Phi) is 3.71. The van der Waals surface area contributed by atoms with Crippen molar-refractivity contribution in [3.8, 4) is 0 Å². The van der Waals surface area contributed by atoms with Crippen LogP contribution < -0.4 is 5.73 Å². The third-order valence-corrected chi connectivity index (χ3v) is 6.58. The Morgan fingerprint density at radius 3 is 2.76 bits per heavy atom. The van der Waals surface area contributed by atoms with Gasteiger partial charge in [-0.15, -0.1) is 0 Å². The number of sulfonamides is 1. The zero-order chi connectivity index (χ0) is 15.1. The number of rotatable bonds is 4. The van der Waals surface area contributed by atoms with E-state index in [9.17, 15) is 8.42 Å². The molecule has 6 heteroatoms. The number of ether oxygens (including phenoxy) is 1. The molecule has 2 aliphatic rings. The summed E-state index contributed by atoms with van der Waals surface area (Å²) in [4.78, 5) is 0.225. The number of hydrogen-bond donors (Lipinski definition) is 1. The van der Waals surface area contributed by atoms with Crippen LogP contribution in [0.4, 0.5) is 5.69 Å². The van der Waals surface area contributed by atoms with Crippen LogP contribution in [0.25, 0.3) is 0 Å². The van der Waals surface area contributed by atoms with Gasteiger partial charge < -0.3 is 10.5 Å². The maximum absolute atomic E-state index is 12.7. The Bertz CT molecular complexity index is 624. The van der Waals surface area contributed by atoms with E-state index in [1.807, 2.05) is 6.92 Å². The van der Waals surface area contributed by atoms with Gasteiger partial charge in [-0.25, -0.2) is 8.42 Å². The summed E-state index contributed by atoms with van der Waals surface area (Å²) in [7, 11) is -3.48. The summed E-state index contributed by atoms with van der Waals surface area (Å²) in [5.41, 5.74) is 6.26. The molecule has 2 N–H and O–H groups in total. The summed E-state index contributed by atoms with van der Waals surface area (Å²) in [6.07, 6.45) is 3.16. The number of hydrogen-bond acceptors (Lipinski definition) is 4. The number of nitrogens with zero attached hydrogens (tertiary/aromatic N) is 1. The van der Waals surface area contributed by atoms with Gasteiger partial charge in [0.1, 0.15) is 4.90 Å². The van der Waals surface area contributed by atoms with Gasteiger partial charge in [-0.05, 0) is 43.7 Å². The first-order chi connectivity index (χ1) is 9.97. The first kappa shape index (κ1) is 14.8. The average molecular weight is 310 g/mol. The number of nitrogen functional groups attached to an aromatic ring is 1. The van der Waals surface area contributed by atoms with E-state index in [4.69, 9.17) is 10.5 Å². The summed E-state index contributed by atoms with van der Waals surface area (Å²) in [6.45, 7) is 3.89. The Balaban J connectivity index is 1.74. The highest BCUT2D eigenvalue weighted by Gasteiger charge is 2.51. The van der Waals surface area contributed by atoms with Gasteiger partial charge in [-0.3, -0.25) is 0 Å². The largest absolute Gasteiger partial charge is 0.398 e. The SMILES string of the molecule is CCOC1CC2(CCN(S(=O)(=O)c3ccccc3N)C2)C1. The summed E-state index contributed by atoms with van der Waals surface area (Å²) in [6, 6.07) is 6.68. The van der Waals surface area contributed by atoms with Crippen LogP contribution in [0, 0.1) is 5.41 Å². The molecule has 5 nitrogen and oxygen atoms in total. The van der Waals surface area contributed by atoms with Crippen LogP contribution in [-0.4, -0.2) is 38.5 Å². The van der Waals surface area contributed by atoms with Gasteiger partial charge in [0.25, 0.3) is 0 Å². The lowest BCUT2D eigenvalue weighted by molar-refractivity contribution is -0.0696. The zero-order valence-corrected chi connectivity index (χ0v) is 13.1. The number of benzene rings is 1. The average Bonchev–Trinajstić information content (AvgIpc) is 2.85. The zero-order valence-electron chi connectivity index (χ0n) is 12.3. The van der Waals surface area contributed by atoms with E-state index in [1.165, 1.54) is 0 Å². The fourth-order valence-corrected chi connectivity index (χ4v) is 5.22. The molecule has 1 aromatic rings. The van der Waals surface area contributed by atoms with Gasteiger partial charge in [0.15, 0.2) is 0 Å². The van der Waals surface area contributed by atoms with Crippen molar-refractivity contribution in [2.45, 2.75) is 37.2 Å². The molecule has 21 heavy (non-hydrogen) atoms. The predicted octanol–water partition coefficient (Wildman–Crippen LogP) is 1.85. The second kappa shape index (κ2) is 5.26. The quantitative estimate of drug-likeness (QED) is 0.861. The molecule has 0 radical (unpaired) electrons. The van der Waals surface area contributed by atoms with Gasteiger partial charge in [0.05, 0.1) is 11.8 Å². The van der Waals surface area contributed by atoms with Crippen molar-refractivity contribution in [3.05, 3.63) is 24.3 Å². The number of nitrogens with two attached hydrogens (primary N) is 1. The third kappa shape index (κ3) is 2.56. The molecule has 1 saturated carbocycles. The highest BCUT2D eigenvalue weighted by atomic mass is 32.2. The van der Waals surface area contributed by atoms with Gasteiger partial charge in [0.2, 0.25) is 10.0 Å². The molecule has 2 fully saturated rings. The molecule has 1 aliphatic carbocycles. The Labute approximate surface area is 126 Å². The highest BCUT2D eigenvalue weighted by Crippen LogP contribution is 2.50. The molecule has 0 aromatic heterocycles. The van der Waals surface area contributed by atoms with Crippen molar-refractivity contribution < 1.29 is 13.2 Å². The van der Waals surface area contributed by atoms with Crippen molar-refractivity contribution in [3.63, 3.8) is 0 Å². The molecule has 1 aromatic carbocycles. The minimum Gasteiger partial charge on any atom is -0.398 e. The maximum atomic E-state index is 12.7. The fraction of sp³-hybridized carbons (Fsp3) is 0.600. The molecular weight excluding hydrogens is 288 g/mol. The maximum Gasteiger partial charge on any atom is 0.245 e. The number of anilines is 1. The van der Waals surface area contributed by atoms with Gasteiger partial charge in [-0.1, -0.05) is 12.1 Å². The molecule has 1 spiro atoms. The predicted molar refractivity (Wildman–Crippen MR) is 81.3 cm³/mol. The Morgan fingerprint density at radius 1 is 1.38 bits per heavy atom. The minimum atomic E-state index is -3.48. The van der Waals surface area contributed by atoms with Crippen molar-refractivity contribution in [2.24, 2.45) is 5.41 Å². The summed E-state index contributed by atoms with van der Waals surface area (Å²) in [5.74, 6) is 0. The van der Waals surface area contributed by atoms with Crippen molar-refractivity contribution >= 4 is 15.7 Å². The summed E-state index contributed by atoms with van der Waals surface area (Å²) >= 11 is 0. The van der Waals surface area contributed by atoms with Gasteiger partial charge >= 0.3 is 0 Å². The van der Waals surface area contributed by atoms with E-state index in [-0.39, 0.29) is 10.3 Å². The molecule has 0 unspecified atom stereocenters. The Hall–Kier alpha value is -1.11. The smallest absolute Gasteiger partial charge is 0.245 e. The Morgan fingerprint density at radius 2 is 2.10 bits per heavy atom. The van der Waals surface area contributed by atoms with E-state index >= 15 is 0 Å². The van der Waals surface area contributed by atoms with E-state index in [2.05, 4.69) is 0 Å². The molecular formula is C15H22N2O3S. The van der Waals surface area contributed by atoms with Crippen LogP contribution in [0.1, 0.15) is 26.2 Å². The van der Waals surface area contributed by atoms with Crippen LogP contribution in [0.5, 0.6) is 0 Å². The summed E-state index contributed by atoms with van der Waals surface area (Å²) in [5, 5.41) is 0. The van der Waals surface area contributed by atoms with Gasteiger partial charge in [0, 0.05) is 19.7 Å². The topological polar surface area (TPSA) is 72.6 Å². The first-order valence-electron chi connectivity index (χ1n) is 7.43. The van der Waals surface area contributed by atoms with Crippen LogP contribution in [0.2, 0.25) is 0 Å². The van der Waals surface area contributed by atoms with E-state index in [0.717, 1.165) is 25.9 Å². The normalized spacial score (nSPS) is 29.7. The lowest BCUT2D eigenvalue weighted by atomic mass is 9.66. The molecule has 3 rings (SSSR count). The van der Waals surface area contributed by atoms with Crippen LogP contribution in [-0.2, 0) is 14.8 Å². The minimum absolute atomic E-state index is 0.121. The van der Waals surface area contributed by atoms with Crippen molar-refractivity contribution in [1.29, 1.82) is 0 Å². The number of para-hydroxylation sites is 1. The van der Waals surface area contributed by atoms with Gasteiger partial charge in [-0.2, -0.15) is 4.31 Å². The standard InChI is InChI=1S/C15H22N2O3S/c1-2-20-12-9-15(10-12)7-8-17(11-15)21(18,19)14-6-4-3-5-13(14)16/h3-6,12H,2,7-11,16H2,1H3. The monoisotopic (exact) mass is 310 g/mol. The first-order valence-corrected chi connectivity index (χ1v) is 8.87. The van der Waals surface area contributed by atoms with E-state index in [1.54, 1.807) is 28.6 Å². The molecule has 0 atom stereocenters. The second-order valence-corrected chi connectivity index (χ2v) is 8.02. The second-order valence-electron chi connectivity index (χ2n) is 6.11. The van der Waals surface area contributed by atoms with E-state index < -0.39 is 10.0 Å². The third-order valence-electron chi connectivity index (χ3n) is 4.66. The van der Waals surface area contributed by atoms with Crippen LogP contribution >= 0.6 is 0 Å². The van der Waals surface area contributed by atoms with Crippen molar-refractivity contribution in [1.82, 2.24) is 4.31 Å². The van der Waals surface area contributed by atoms with Crippen LogP contribution in [0.15, 0.2) is 29.2 Å². The van der Waals surface area contributed by atoms with E-state index in [0.29, 0.717) is 24.9 Å². The highest BCUT2D eigenvalue weighted by molar-refractivity contribution is 7.89. The molecule has 0 bridgehead atoms. The molecule has 1 aliphatic heterocycles. The molecule has 1 heterocycles.